The van der Waals surface area contributed by atoms with Gasteiger partial charge in [0.2, 0.25) is 0 Å². The van der Waals surface area contributed by atoms with Crippen LogP contribution in [-0.4, -0.2) is 14.1 Å². The zero-order valence-electron chi connectivity index (χ0n) is 18.7. The van der Waals surface area contributed by atoms with E-state index >= 15 is 0 Å². The third-order valence-electron chi connectivity index (χ3n) is 4.99. The number of allylic oxidation sites excluding steroid dienone is 6. The third kappa shape index (κ3) is 6.14. The van der Waals surface area contributed by atoms with Gasteiger partial charge in [-0.15, -0.1) is 6.20 Å². The predicted octanol–water partition coefficient (Wildman–Crippen LogP) is 6.58. The first-order valence-electron chi connectivity index (χ1n) is 10.5. The number of anilines is 2. The van der Waals surface area contributed by atoms with Crippen molar-refractivity contribution in [3.05, 3.63) is 143 Å². The summed E-state index contributed by atoms with van der Waals surface area (Å²) in [6, 6.07) is 28.4. The van der Waals surface area contributed by atoms with Gasteiger partial charge in [0.05, 0.1) is 0 Å². The molecule has 2 aliphatic rings. The molecule has 5 rings (SSSR count). The van der Waals surface area contributed by atoms with Crippen LogP contribution < -0.4 is 9.91 Å². The minimum absolute atomic E-state index is 0. The van der Waals surface area contributed by atoms with Gasteiger partial charge in [0, 0.05) is 42.3 Å². The van der Waals surface area contributed by atoms with Crippen molar-refractivity contribution >= 4 is 11.4 Å². The molecule has 0 saturated carbocycles. The van der Waals surface area contributed by atoms with Gasteiger partial charge in [-0.1, -0.05) is 54.3 Å². The van der Waals surface area contributed by atoms with Gasteiger partial charge < -0.3 is 15.3 Å². The van der Waals surface area contributed by atoms with Crippen LogP contribution in [0.5, 0.6) is 0 Å². The van der Waals surface area contributed by atoms with Crippen molar-refractivity contribution in [3.63, 3.8) is 0 Å². The number of benzene rings is 2. The Morgan fingerprint density at radius 2 is 1.48 bits per heavy atom. The third-order valence-corrected chi connectivity index (χ3v) is 4.99. The van der Waals surface area contributed by atoms with E-state index in [4.69, 9.17) is 0 Å². The molecule has 0 unspecified atom stereocenters. The number of hydrogen-bond acceptors (Lipinski definition) is 2. The predicted molar refractivity (Wildman–Crippen MR) is 135 cm³/mol. The molecule has 3 aromatic rings. The molecule has 0 atom stereocenters. The maximum Gasteiger partial charge on any atom is 2.00 e. The number of hydrogen-bond donors (Lipinski definition) is 0. The summed E-state index contributed by atoms with van der Waals surface area (Å²) in [5.74, 6) is 6.58. The average molecular weight is 471 g/mol. The monoisotopic (exact) mass is 471 g/mol. The molecule has 164 valence electrons. The molecule has 0 aromatic heterocycles. The molecule has 1 heterocycles. The summed E-state index contributed by atoms with van der Waals surface area (Å²) < 4.78 is 0. The Balaban J connectivity index is 0.000000453. The summed E-state index contributed by atoms with van der Waals surface area (Å²) in [4.78, 5) is 2.08. The quantitative estimate of drug-likeness (QED) is 0.239. The summed E-state index contributed by atoms with van der Waals surface area (Å²) in [5.41, 5.74) is 10.8. The summed E-state index contributed by atoms with van der Waals surface area (Å²) in [6.45, 7) is 0. The van der Waals surface area contributed by atoms with Crippen LogP contribution in [-0.2, 0) is 17.1 Å². The van der Waals surface area contributed by atoms with Crippen molar-refractivity contribution < 1.29 is 17.1 Å². The molecule has 0 radical (unpaired) electrons. The van der Waals surface area contributed by atoms with Gasteiger partial charge in [-0.25, -0.2) is 12.1 Å². The van der Waals surface area contributed by atoms with Crippen molar-refractivity contribution in [2.75, 3.05) is 24.0 Å². The van der Waals surface area contributed by atoms with Crippen LogP contribution in [0.15, 0.2) is 132 Å². The Kier molecular flexibility index (Phi) is 8.49. The Labute approximate surface area is 207 Å². The van der Waals surface area contributed by atoms with E-state index in [9.17, 15) is 0 Å². The van der Waals surface area contributed by atoms with Crippen LogP contribution in [0.25, 0.3) is 5.43 Å². The van der Waals surface area contributed by atoms with Gasteiger partial charge in [-0.05, 0) is 42.0 Å². The second-order valence-electron chi connectivity index (χ2n) is 7.48. The van der Waals surface area contributed by atoms with Crippen LogP contribution in [0, 0.1) is 11.8 Å². The average Bonchev–Trinajstić information content (AvgIpc) is 3.62. The first-order valence-corrected chi connectivity index (χ1v) is 10.5. The molecular weight excluding hydrogens is 446 g/mol. The van der Waals surface area contributed by atoms with E-state index in [2.05, 4.69) is 58.6 Å². The van der Waals surface area contributed by atoms with E-state index in [-0.39, 0.29) is 17.1 Å². The smallest absolute Gasteiger partial charge is 0.595 e. The summed E-state index contributed by atoms with van der Waals surface area (Å²) >= 11 is 0. The van der Waals surface area contributed by atoms with E-state index in [1.165, 1.54) is 0 Å². The molecule has 4 heteroatoms. The Morgan fingerprint density at radius 1 is 0.818 bits per heavy atom. The molecule has 3 aromatic carbocycles. The van der Waals surface area contributed by atoms with Crippen LogP contribution in [0.2, 0.25) is 0 Å². The number of para-hydroxylation sites is 1. The fourth-order valence-electron chi connectivity index (χ4n) is 3.32. The van der Waals surface area contributed by atoms with Crippen molar-refractivity contribution in [2.24, 2.45) is 0 Å². The van der Waals surface area contributed by atoms with Crippen LogP contribution in [0.4, 0.5) is 11.4 Å². The zero-order valence-corrected chi connectivity index (χ0v) is 19.8. The van der Waals surface area contributed by atoms with E-state index in [0.717, 1.165) is 33.8 Å². The number of nitrogens with zero attached hydrogens (tertiary/aromatic N) is 3. The van der Waals surface area contributed by atoms with Gasteiger partial charge in [0.1, 0.15) is 0 Å². The largest absolute Gasteiger partial charge is 2.00 e. The molecule has 0 fully saturated rings. The van der Waals surface area contributed by atoms with Gasteiger partial charge in [0.25, 0.3) is 0 Å². The van der Waals surface area contributed by atoms with Crippen molar-refractivity contribution in [1.29, 1.82) is 0 Å². The molecule has 33 heavy (non-hydrogen) atoms. The minimum atomic E-state index is 0. The Morgan fingerprint density at radius 3 is 2.06 bits per heavy atom. The zero-order chi connectivity index (χ0) is 22.2. The van der Waals surface area contributed by atoms with Crippen molar-refractivity contribution in [1.82, 2.24) is 0 Å². The minimum Gasteiger partial charge on any atom is -0.595 e. The standard InChI is InChI=1S/C24H20N3.C5H5.Fe/c1-26(2)22-16-13-19(14-17-22)12-15-21-18-25-27(23-10-4-3-5-11-23)24(21)20-8-6-7-9-20;1-2-4-5-3-1;/h3-11,13-14,16-18H,1-2H3;1-5H;/q2*-1;+2. The maximum absolute atomic E-state index is 4.60. The van der Waals surface area contributed by atoms with Crippen molar-refractivity contribution in [2.45, 2.75) is 0 Å². The van der Waals surface area contributed by atoms with Crippen LogP contribution >= 0.6 is 0 Å². The SMILES string of the molecule is CN(C)c1ccc(C#CC2=C[N-]N(c3ccccc3)C2=C2C=CC=C2)cc1.[Fe+2].c1cc[cH-]c1. The van der Waals surface area contributed by atoms with Gasteiger partial charge in [-0.2, -0.15) is 18.2 Å². The maximum atomic E-state index is 4.60. The molecule has 0 saturated heterocycles. The molecule has 3 nitrogen and oxygen atoms in total. The van der Waals surface area contributed by atoms with Gasteiger partial charge in [-0.3, -0.25) is 0 Å². The first kappa shape index (κ1) is 23.9. The number of rotatable bonds is 2. The van der Waals surface area contributed by atoms with Crippen LogP contribution in [0.1, 0.15) is 5.56 Å². The van der Waals surface area contributed by atoms with E-state index in [1.807, 2.05) is 98.1 Å². The summed E-state index contributed by atoms with van der Waals surface area (Å²) in [7, 11) is 4.07. The topological polar surface area (TPSA) is 20.6 Å². The Bertz CT molecular complexity index is 1170. The molecule has 0 spiro atoms. The van der Waals surface area contributed by atoms with Gasteiger partial charge in [0.15, 0.2) is 0 Å². The molecule has 0 N–H and O–H groups in total. The van der Waals surface area contributed by atoms with Crippen molar-refractivity contribution in [3.8, 4) is 11.8 Å². The first-order chi connectivity index (χ1) is 15.7. The normalized spacial score (nSPS) is 13.3. The molecule has 0 amide bonds. The van der Waals surface area contributed by atoms with E-state index < -0.39 is 0 Å². The second-order valence-corrected chi connectivity index (χ2v) is 7.48. The summed E-state index contributed by atoms with van der Waals surface area (Å²) in [5, 5.41) is 1.95. The molecule has 1 aliphatic carbocycles. The summed E-state index contributed by atoms with van der Waals surface area (Å²) in [6.07, 6.45) is 10.1. The molecule has 0 bridgehead atoms. The fraction of sp³-hybridized carbons (Fsp3) is 0.0690. The Hall–Kier alpha value is -3.77. The second kappa shape index (κ2) is 11.7. The van der Waals surface area contributed by atoms with Gasteiger partial charge >= 0.3 is 17.1 Å². The molecule has 1 aliphatic heterocycles. The van der Waals surface area contributed by atoms with Crippen LogP contribution in [0.3, 0.4) is 0 Å². The fourth-order valence-corrected chi connectivity index (χ4v) is 3.32. The van der Waals surface area contributed by atoms with E-state index in [1.54, 1.807) is 0 Å². The van der Waals surface area contributed by atoms with E-state index in [0.29, 0.717) is 0 Å². The molecular formula is C29H25FeN3.